The summed E-state index contributed by atoms with van der Waals surface area (Å²) in [5, 5.41) is 22.8. The van der Waals surface area contributed by atoms with Crippen LogP contribution >= 0.6 is 0 Å². The van der Waals surface area contributed by atoms with E-state index in [0.29, 0.717) is 45.0 Å². The maximum atomic E-state index is 13.6. The molecule has 4 rings (SSSR count). The number of halogens is 3. The number of carbonyl (C=O) groups is 2. The predicted molar refractivity (Wildman–Crippen MR) is 130 cm³/mol. The number of anilines is 1. The molecule has 2 aliphatic heterocycles. The summed E-state index contributed by atoms with van der Waals surface area (Å²) in [6, 6.07) is 10.5. The van der Waals surface area contributed by atoms with Gasteiger partial charge in [-0.25, -0.2) is 8.42 Å². The lowest BCUT2D eigenvalue weighted by Crippen LogP contribution is -2.89. The van der Waals surface area contributed by atoms with E-state index in [1.807, 2.05) is 4.90 Å². The first-order valence-electron chi connectivity index (χ1n) is 12.1. The average molecular weight is 573 g/mol. The van der Waals surface area contributed by atoms with Gasteiger partial charge in [-0.1, -0.05) is 18.2 Å². The van der Waals surface area contributed by atoms with E-state index in [9.17, 15) is 36.5 Å². The van der Waals surface area contributed by atoms with Crippen LogP contribution in [0.5, 0.6) is 0 Å². The Morgan fingerprint density at radius 2 is 1.51 bits per heavy atom. The first-order valence-corrected chi connectivity index (χ1v) is 13.6. The number of carbonyl (C=O) groups excluding carboxylic acids is 2. The number of rotatable bonds is 5. The van der Waals surface area contributed by atoms with E-state index in [-0.39, 0.29) is 21.0 Å². The number of piperazine rings is 1. The Balaban J connectivity index is 0.000000532. The molecule has 2 fully saturated rings. The summed E-state index contributed by atoms with van der Waals surface area (Å²) in [6.45, 7) is 3.57. The fourth-order valence-corrected chi connectivity index (χ4v) is 5.83. The quantitative estimate of drug-likeness (QED) is 0.406. The minimum atomic E-state index is -5.19. The Morgan fingerprint density at radius 1 is 0.949 bits per heavy atom. The van der Waals surface area contributed by atoms with Crippen LogP contribution in [-0.2, 0) is 14.6 Å². The fourth-order valence-electron chi connectivity index (χ4n) is 4.33. The molecule has 2 N–H and O–H groups in total. The van der Waals surface area contributed by atoms with Gasteiger partial charge in [0.1, 0.15) is 11.5 Å². The number of quaternary nitrogens is 1. The molecular formula is C24H27F3N4O7S. The van der Waals surface area contributed by atoms with Gasteiger partial charge in [-0.15, -0.1) is 0 Å². The highest BCUT2D eigenvalue weighted by Gasteiger charge is 2.34. The van der Waals surface area contributed by atoms with Crippen molar-refractivity contribution in [2.45, 2.75) is 35.2 Å². The highest BCUT2D eigenvalue weighted by atomic mass is 32.2. The van der Waals surface area contributed by atoms with Gasteiger partial charge < -0.3 is 25.0 Å². The van der Waals surface area contributed by atoms with Crippen LogP contribution in [-0.4, -0.2) is 75.6 Å². The second-order valence-corrected chi connectivity index (χ2v) is 10.8. The molecule has 2 saturated heterocycles. The number of benzene rings is 2. The molecule has 0 radical (unpaired) electrons. The van der Waals surface area contributed by atoms with Crippen LogP contribution in [0.3, 0.4) is 0 Å². The summed E-state index contributed by atoms with van der Waals surface area (Å²) < 4.78 is 58.8. The maximum absolute atomic E-state index is 13.6. The number of nitrogens with zero attached hydrogens (tertiary/aromatic N) is 3. The number of aliphatic carboxylic acids is 1. The van der Waals surface area contributed by atoms with Crippen molar-refractivity contribution < 1.29 is 46.5 Å². The van der Waals surface area contributed by atoms with E-state index in [1.165, 1.54) is 24.3 Å². The monoisotopic (exact) mass is 572 g/mol. The van der Waals surface area contributed by atoms with Crippen LogP contribution in [0.25, 0.3) is 0 Å². The fraction of sp³-hybridized carbons (Fsp3) is 0.417. The SMILES string of the molecule is O=C([O-])C(F)(F)F.O=C(c1cc(S(=O)(=O)c2ccccc2)c(N2CCCCC2)cc1[N+](=O)[O-])N1CC[NH2+]CC1. The van der Waals surface area contributed by atoms with Gasteiger partial charge in [-0.2, -0.15) is 13.2 Å². The third-order valence-corrected chi connectivity index (χ3v) is 8.07. The van der Waals surface area contributed by atoms with Gasteiger partial charge in [-0.05, 0) is 37.5 Å². The highest BCUT2D eigenvalue weighted by Crippen LogP contribution is 2.37. The molecule has 0 bridgehead atoms. The molecule has 2 aromatic rings. The Hall–Kier alpha value is -3.72. The Morgan fingerprint density at radius 3 is 2.03 bits per heavy atom. The summed E-state index contributed by atoms with van der Waals surface area (Å²) in [7, 11) is -3.99. The molecule has 212 valence electrons. The summed E-state index contributed by atoms with van der Waals surface area (Å²) in [4.78, 5) is 36.8. The summed E-state index contributed by atoms with van der Waals surface area (Å²) >= 11 is 0. The van der Waals surface area contributed by atoms with Gasteiger partial charge in [0, 0.05) is 19.2 Å². The van der Waals surface area contributed by atoms with Crippen molar-refractivity contribution in [1.29, 1.82) is 0 Å². The molecular weight excluding hydrogens is 545 g/mol. The second-order valence-electron chi connectivity index (χ2n) is 8.90. The van der Waals surface area contributed by atoms with Crippen LogP contribution in [0.2, 0.25) is 0 Å². The normalized spacial score (nSPS) is 16.2. The van der Waals surface area contributed by atoms with Gasteiger partial charge in [0.2, 0.25) is 9.84 Å². The Kier molecular flexibility index (Phi) is 9.50. The number of hydrogen-bond acceptors (Lipinski definition) is 8. The van der Waals surface area contributed by atoms with Gasteiger partial charge in [0.15, 0.2) is 0 Å². The van der Waals surface area contributed by atoms with Gasteiger partial charge in [-0.3, -0.25) is 14.9 Å². The van der Waals surface area contributed by atoms with E-state index in [1.54, 1.807) is 23.1 Å². The zero-order valence-corrected chi connectivity index (χ0v) is 21.5. The van der Waals surface area contributed by atoms with E-state index < -0.39 is 32.8 Å². The molecule has 2 aromatic carbocycles. The Labute approximate surface area is 222 Å². The van der Waals surface area contributed by atoms with Crippen LogP contribution in [0.15, 0.2) is 52.3 Å². The number of nitrogens with two attached hydrogens (primary N) is 1. The summed E-state index contributed by atoms with van der Waals surface area (Å²) in [6.07, 6.45) is -2.41. The molecule has 0 spiro atoms. The molecule has 0 aromatic heterocycles. The first-order chi connectivity index (χ1) is 18.3. The van der Waals surface area contributed by atoms with Gasteiger partial charge >= 0.3 is 6.18 Å². The molecule has 1 amide bonds. The van der Waals surface area contributed by atoms with Crippen molar-refractivity contribution in [3.63, 3.8) is 0 Å². The predicted octanol–water partition coefficient (Wildman–Crippen LogP) is 0.736. The van der Waals surface area contributed by atoms with E-state index in [2.05, 4.69) is 5.32 Å². The van der Waals surface area contributed by atoms with Crippen molar-refractivity contribution in [2.24, 2.45) is 0 Å². The highest BCUT2D eigenvalue weighted by molar-refractivity contribution is 7.91. The number of nitro benzene ring substituents is 1. The number of piperidine rings is 1. The largest absolute Gasteiger partial charge is 0.542 e. The van der Waals surface area contributed by atoms with Gasteiger partial charge in [0.25, 0.3) is 11.6 Å². The van der Waals surface area contributed by atoms with E-state index in [0.717, 1.165) is 19.3 Å². The van der Waals surface area contributed by atoms with Crippen LogP contribution in [0.4, 0.5) is 24.5 Å². The van der Waals surface area contributed by atoms with Crippen molar-refractivity contribution >= 4 is 33.1 Å². The van der Waals surface area contributed by atoms with Crippen molar-refractivity contribution in [1.82, 2.24) is 4.90 Å². The van der Waals surface area contributed by atoms with Crippen molar-refractivity contribution in [3.8, 4) is 0 Å². The molecule has 2 aliphatic rings. The summed E-state index contributed by atoms with van der Waals surface area (Å²) in [5.74, 6) is -3.51. The zero-order chi connectivity index (χ0) is 28.8. The third-order valence-electron chi connectivity index (χ3n) is 6.27. The van der Waals surface area contributed by atoms with E-state index >= 15 is 0 Å². The van der Waals surface area contributed by atoms with Crippen LogP contribution in [0, 0.1) is 10.1 Å². The smallest absolute Gasteiger partial charge is 0.430 e. The minimum Gasteiger partial charge on any atom is -0.542 e. The third kappa shape index (κ3) is 7.23. The number of carboxylic acids is 1. The maximum Gasteiger partial charge on any atom is 0.430 e. The molecule has 0 aliphatic carbocycles. The van der Waals surface area contributed by atoms with Crippen molar-refractivity contribution in [2.75, 3.05) is 44.2 Å². The molecule has 0 unspecified atom stereocenters. The zero-order valence-electron chi connectivity index (χ0n) is 20.7. The average Bonchev–Trinajstić information content (AvgIpc) is 2.93. The Bertz CT molecular complexity index is 1310. The van der Waals surface area contributed by atoms with Crippen LogP contribution in [0.1, 0.15) is 29.6 Å². The molecule has 15 heteroatoms. The van der Waals surface area contributed by atoms with Gasteiger partial charge in [0.05, 0.1) is 46.6 Å². The van der Waals surface area contributed by atoms with E-state index in [4.69, 9.17) is 9.90 Å². The number of sulfone groups is 1. The number of alkyl halides is 3. The topological polar surface area (TPSA) is 158 Å². The molecule has 2 heterocycles. The van der Waals surface area contributed by atoms with Crippen LogP contribution < -0.4 is 15.3 Å². The minimum absolute atomic E-state index is 0.0527. The molecule has 11 nitrogen and oxygen atoms in total. The number of amides is 1. The lowest BCUT2D eigenvalue weighted by Gasteiger charge is -2.31. The second kappa shape index (κ2) is 12.4. The first kappa shape index (κ1) is 29.8. The molecule has 0 atom stereocenters. The standard InChI is InChI=1S/C22H26N4O5S.C2HF3O2/c27-22(25-13-9-23-10-14-25)18-15-21(32(30,31)17-7-3-1-4-8-17)20(16-19(18)26(28)29)24-11-5-2-6-12-24;3-2(4,5)1(6)7/h1,3-4,7-8,15-16,23H,2,5-6,9-14H2;(H,6,7). The number of carboxylic acid groups (broad SMARTS) is 1. The lowest BCUT2D eigenvalue weighted by molar-refractivity contribution is -0.661. The number of hydrogen-bond donors (Lipinski definition) is 1. The summed E-state index contributed by atoms with van der Waals surface area (Å²) in [5.41, 5.74) is -0.229. The lowest BCUT2D eigenvalue weighted by atomic mass is 10.1. The number of nitro groups is 1. The molecule has 39 heavy (non-hydrogen) atoms. The van der Waals surface area contributed by atoms with Crippen molar-refractivity contribution in [3.05, 3.63) is 58.1 Å². The molecule has 0 saturated carbocycles.